The molecule has 6 heteroatoms. The molecule has 0 N–H and O–H groups in total. The van der Waals surface area contributed by atoms with Crippen LogP contribution < -0.4 is 4.74 Å². The molecule has 2 atom stereocenters. The summed E-state index contributed by atoms with van der Waals surface area (Å²) in [5, 5.41) is 0.499. The average Bonchev–Trinajstić information content (AvgIpc) is 3.00. The van der Waals surface area contributed by atoms with Gasteiger partial charge in [-0.05, 0) is 24.1 Å². The molecule has 1 aliphatic rings. The smallest absolute Gasteiger partial charge is 0.310 e. The first-order valence-corrected chi connectivity index (χ1v) is 9.16. The van der Waals surface area contributed by atoms with Crippen LogP contribution in [0.1, 0.15) is 18.9 Å². The van der Waals surface area contributed by atoms with Crippen LogP contribution in [-0.2, 0) is 20.9 Å². The molecule has 0 aliphatic carbocycles. The van der Waals surface area contributed by atoms with Gasteiger partial charge in [-0.1, -0.05) is 23.9 Å². The number of esters is 1. The highest BCUT2D eigenvalue weighted by atomic mass is 32.2. The third kappa shape index (κ3) is 5.25. The summed E-state index contributed by atoms with van der Waals surface area (Å²) in [6, 6.07) is 7.48. The second-order valence-corrected chi connectivity index (χ2v) is 7.68. The van der Waals surface area contributed by atoms with Gasteiger partial charge in [-0.25, -0.2) is 0 Å². The van der Waals surface area contributed by atoms with E-state index in [4.69, 9.17) is 9.47 Å². The van der Waals surface area contributed by atoms with E-state index in [-0.39, 0.29) is 23.6 Å². The van der Waals surface area contributed by atoms with Gasteiger partial charge in [-0.15, -0.1) is 0 Å². The lowest BCUT2D eigenvalue weighted by atomic mass is 10.1. The monoisotopic (exact) mass is 340 g/mol. The second kappa shape index (κ2) is 8.48. The van der Waals surface area contributed by atoms with Gasteiger partial charge in [0.2, 0.25) is 0 Å². The van der Waals surface area contributed by atoms with E-state index in [9.17, 15) is 9.59 Å². The molecule has 0 unspecified atom stereocenters. The maximum atomic E-state index is 12.1. The van der Waals surface area contributed by atoms with Gasteiger partial charge in [0, 0.05) is 23.7 Å². The second-order valence-electron chi connectivity index (χ2n) is 5.15. The van der Waals surface area contributed by atoms with Crippen LogP contribution in [0.25, 0.3) is 0 Å². The number of methoxy groups -OCH3 is 1. The fraction of sp³-hybridized carbons (Fsp3) is 0.500. The average molecular weight is 340 g/mol. The SMILES string of the molecule is COc1ccc(COC(=O)[C@@H]2CS[C@@H](CSC(C)=O)C2)cc1. The molecule has 2 rings (SSSR count). The molecule has 0 amide bonds. The van der Waals surface area contributed by atoms with Crippen molar-refractivity contribution in [1.82, 2.24) is 0 Å². The fourth-order valence-corrected chi connectivity index (χ4v) is 4.48. The molecule has 4 nitrogen and oxygen atoms in total. The summed E-state index contributed by atoms with van der Waals surface area (Å²) < 4.78 is 10.5. The lowest BCUT2D eigenvalue weighted by Crippen LogP contribution is -2.18. The Morgan fingerprint density at radius 1 is 1.32 bits per heavy atom. The third-order valence-corrected chi connectivity index (χ3v) is 6.04. The van der Waals surface area contributed by atoms with E-state index in [1.807, 2.05) is 24.3 Å². The molecular weight excluding hydrogens is 320 g/mol. The van der Waals surface area contributed by atoms with Crippen LogP contribution in [0.15, 0.2) is 24.3 Å². The first-order valence-electron chi connectivity index (χ1n) is 7.13. The number of carbonyl (C=O) groups is 2. The minimum atomic E-state index is -0.140. The Bertz CT molecular complexity index is 515. The molecule has 0 radical (unpaired) electrons. The maximum absolute atomic E-state index is 12.1. The van der Waals surface area contributed by atoms with Gasteiger partial charge in [0.1, 0.15) is 12.4 Å². The molecule has 0 spiro atoms. The Morgan fingerprint density at radius 3 is 2.68 bits per heavy atom. The number of ether oxygens (including phenoxy) is 2. The van der Waals surface area contributed by atoms with Crippen molar-refractivity contribution < 1.29 is 19.1 Å². The lowest BCUT2D eigenvalue weighted by Gasteiger charge is -2.10. The Morgan fingerprint density at radius 2 is 2.05 bits per heavy atom. The quantitative estimate of drug-likeness (QED) is 0.742. The first-order chi connectivity index (χ1) is 10.6. The number of carbonyl (C=O) groups excluding carboxylic acids is 2. The third-order valence-electron chi connectivity index (χ3n) is 3.43. The van der Waals surface area contributed by atoms with Crippen LogP contribution in [0.2, 0.25) is 0 Å². The van der Waals surface area contributed by atoms with Gasteiger partial charge in [-0.2, -0.15) is 11.8 Å². The summed E-state index contributed by atoms with van der Waals surface area (Å²) in [6.07, 6.45) is 0.798. The molecular formula is C16H20O4S2. The van der Waals surface area contributed by atoms with E-state index in [0.717, 1.165) is 29.2 Å². The van der Waals surface area contributed by atoms with Gasteiger partial charge >= 0.3 is 5.97 Å². The number of thioether (sulfide) groups is 2. The zero-order chi connectivity index (χ0) is 15.9. The van der Waals surface area contributed by atoms with Crippen molar-refractivity contribution in [3.05, 3.63) is 29.8 Å². The van der Waals surface area contributed by atoms with Crippen molar-refractivity contribution in [3.8, 4) is 5.75 Å². The van der Waals surface area contributed by atoms with Crippen molar-refractivity contribution in [2.75, 3.05) is 18.6 Å². The van der Waals surface area contributed by atoms with E-state index in [1.54, 1.807) is 25.8 Å². The highest BCUT2D eigenvalue weighted by Gasteiger charge is 2.31. The van der Waals surface area contributed by atoms with Crippen LogP contribution in [0.4, 0.5) is 0 Å². The lowest BCUT2D eigenvalue weighted by molar-refractivity contribution is -0.149. The summed E-state index contributed by atoms with van der Waals surface area (Å²) in [6.45, 7) is 1.86. The summed E-state index contributed by atoms with van der Waals surface area (Å²) in [5.74, 6) is 2.15. The van der Waals surface area contributed by atoms with E-state index in [1.165, 1.54) is 11.8 Å². The minimum absolute atomic E-state index is 0.0548. The molecule has 0 aromatic heterocycles. The van der Waals surface area contributed by atoms with Crippen molar-refractivity contribution in [2.45, 2.75) is 25.2 Å². The molecule has 22 heavy (non-hydrogen) atoms. The molecule has 1 aliphatic heterocycles. The highest BCUT2D eigenvalue weighted by Crippen LogP contribution is 2.34. The minimum Gasteiger partial charge on any atom is -0.497 e. The van der Waals surface area contributed by atoms with Gasteiger partial charge in [-0.3, -0.25) is 9.59 Å². The Labute approximate surface area is 139 Å². The van der Waals surface area contributed by atoms with E-state index in [2.05, 4.69) is 0 Å². The zero-order valence-corrected chi connectivity index (χ0v) is 14.4. The van der Waals surface area contributed by atoms with Gasteiger partial charge in [0.05, 0.1) is 13.0 Å². The van der Waals surface area contributed by atoms with Crippen LogP contribution in [-0.4, -0.2) is 35.0 Å². The maximum Gasteiger partial charge on any atom is 0.310 e. The molecule has 1 heterocycles. The molecule has 120 valence electrons. The Kier molecular flexibility index (Phi) is 6.64. The standard InChI is InChI=1S/C16H20O4S2/c1-11(17)21-10-15-7-13(9-22-15)16(18)20-8-12-3-5-14(19-2)6-4-12/h3-6,13,15H,7-10H2,1-2H3/t13-,15+/m0/s1. The van der Waals surface area contributed by atoms with Gasteiger partial charge in [0.15, 0.2) is 5.12 Å². The zero-order valence-electron chi connectivity index (χ0n) is 12.7. The molecule has 1 fully saturated rings. The Balaban J connectivity index is 1.74. The topological polar surface area (TPSA) is 52.6 Å². The van der Waals surface area contributed by atoms with E-state index < -0.39 is 0 Å². The van der Waals surface area contributed by atoms with Crippen LogP contribution in [0.3, 0.4) is 0 Å². The van der Waals surface area contributed by atoms with Crippen molar-refractivity contribution in [3.63, 3.8) is 0 Å². The van der Waals surface area contributed by atoms with Crippen LogP contribution >= 0.6 is 23.5 Å². The first kappa shape index (κ1) is 17.2. The molecule has 1 aromatic rings. The van der Waals surface area contributed by atoms with Crippen LogP contribution in [0, 0.1) is 5.92 Å². The van der Waals surface area contributed by atoms with E-state index >= 15 is 0 Å². The summed E-state index contributed by atoms with van der Waals surface area (Å²) in [4.78, 5) is 23.1. The van der Waals surface area contributed by atoms with Crippen molar-refractivity contribution >= 4 is 34.6 Å². The number of hydrogen-bond donors (Lipinski definition) is 0. The van der Waals surface area contributed by atoms with Gasteiger partial charge < -0.3 is 9.47 Å². The Hall–Kier alpha value is -1.14. The molecule has 0 bridgehead atoms. The summed E-state index contributed by atoms with van der Waals surface area (Å²) >= 11 is 3.09. The summed E-state index contributed by atoms with van der Waals surface area (Å²) in [7, 11) is 1.62. The van der Waals surface area contributed by atoms with Crippen LogP contribution in [0.5, 0.6) is 5.75 Å². The molecule has 0 saturated carbocycles. The fourth-order valence-electron chi connectivity index (χ4n) is 2.19. The normalized spacial score (nSPS) is 20.6. The highest BCUT2D eigenvalue weighted by molar-refractivity contribution is 8.14. The van der Waals surface area contributed by atoms with Gasteiger partial charge in [0.25, 0.3) is 0 Å². The number of benzene rings is 1. The molecule has 1 saturated heterocycles. The number of rotatable bonds is 6. The van der Waals surface area contributed by atoms with Crippen molar-refractivity contribution in [1.29, 1.82) is 0 Å². The largest absolute Gasteiger partial charge is 0.497 e. The predicted molar refractivity (Wildman–Crippen MR) is 90.3 cm³/mol. The van der Waals surface area contributed by atoms with Crippen molar-refractivity contribution in [2.24, 2.45) is 5.92 Å². The molecule has 1 aromatic carbocycles. The summed E-state index contributed by atoms with van der Waals surface area (Å²) in [5.41, 5.74) is 0.948. The number of hydrogen-bond acceptors (Lipinski definition) is 6. The predicted octanol–water partition coefficient (Wildman–Crippen LogP) is 3.14. The van der Waals surface area contributed by atoms with E-state index in [0.29, 0.717) is 5.25 Å².